The Labute approximate surface area is 169 Å². The Balaban J connectivity index is 1.42. The second-order valence-corrected chi connectivity index (χ2v) is 7.69. The quantitative estimate of drug-likeness (QED) is 0.696. The van der Waals surface area contributed by atoms with E-state index in [-0.39, 0.29) is 18.3 Å². The maximum Gasteiger partial charge on any atom is 0.259 e. The van der Waals surface area contributed by atoms with E-state index in [1.54, 1.807) is 23.1 Å². The van der Waals surface area contributed by atoms with E-state index in [0.717, 1.165) is 49.9 Å². The fourth-order valence-electron chi connectivity index (χ4n) is 4.00. The second kappa shape index (κ2) is 8.69. The first-order valence-corrected chi connectivity index (χ1v) is 10.1. The highest BCUT2D eigenvalue weighted by molar-refractivity contribution is 5.99. The molecule has 0 aliphatic carbocycles. The Bertz CT molecular complexity index is 986. The molecule has 1 aliphatic rings. The Kier molecular flexibility index (Phi) is 5.85. The zero-order chi connectivity index (χ0) is 20.2. The Morgan fingerprint density at radius 2 is 2.00 bits per heavy atom. The molecule has 4 rings (SSSR count). The molecule has 152 valence electrons. The molecule has 29 heavy (non-hydrogen) atoms. The molecule has 2 aromatic heterocycles. The summed E-state index contributed by atoms with van der Waals surface area (Å²) < 4.78 is 14.7. The van der Waals surface area contributed by atoms with Crippen molar-refractivity contribution in [2.45, 2.75) is 32.1 Å². The van der Waals surface area contributed by atoms with E-state index in [2.05, 4.69) is 10.1 Å². The van der Waals surface area contributed by atoms with Crippen LogP contribution in [-0.2, 0) is 12.8 Å². The summed E-state index contributed by atoms with van der Waals surface area (Å²) in [5.74, 6) is 0.186. The van der Waals surface area contributed by atoms with E-state index in [9.17, 15) is 9.18 Å². The van der Waals surface area contributed by atoms with Crippen molar-refractivity contribution < 1.29 is 14.3 Å². The van der Waals surface area contributed by atoms with Crippen LogP contribution in [-0.4, -0.2) is 50.2 Å². The predicted molar refractivity (Wildman–Crippen MR) is 107 cm³/mol. The number of aromatic nitrogens is 3. The van der Waals surface area contributed by atoms with Gasteiger partial charge >= 0.3 is 0 Å². The van der Waals surface area contributed by atoms with E-state index in [1.165, 1.54) is 12.1 Å². The van der Waals surface area contributed by atoms with Crippen molar-refractivity contribution in [1.82, 2.24) is 19.5 Å². The molecule has 0 unspecified atom stereocenters. The van der Waals surface area contributed by atoms with Crippen molar-refractivity contribution in [3.8, 4) is 0 Å². The number of benzene rings is 1. The highest BCUT2D eigenvalue weighted by atomic mass is 19.1. The molecule has 1 atom stereocenters. The van der Waals surface area contributed by atoms with E-state index in [0.29, 0.717) is 23.5 Å². The van der Waals surface area contributed by atoms with Gasteiger partial charge in [-0.2, -0.15) is 5.10 Å². The van der Waals surface area contributed by atoms with Gasteiger partial charge in [0.25, 0.3) is 5.91 Å². The van der Waals surface area contributed by atoms with Crippen molar-refractivity contribution >= 4 is 11.6 Å². The standard InChI is InChI=1S/C22H25FN4O2/c23-19-7-5-16(6-8-19)3-4-17-2-1-10-26(14-17)22(29)20-13-25-27-15-18(9-11-28)12-24-21(20)27/h5-8,12-13,15,17,28H,1-4,9-11,14H2/t17-/m1/s1. The number of nitrogens with zero attached hydrogens (tertiary/aromatic N) is 4. The number of aliphatic hydroxyl groups is 1. The minimum absolute atomic E-state index is 0.0334. The van der Waals surface area contributed by atoms with E-state index < -0.39 is 0 Å². The van der Waals surface area contributed by atoms with Crippen LogP contribution in [0.2, 0.25) is 0 Å². The number of piperidine rings is 1. The van der Waals surface area contributed by atoms with Crippen LogP contribution in [0.1, 0.15) is 40.7 Å². The predicted octanol–water partition coefficient (Wildman–Crippen LogP) is 2.89. The fraction of sp³-hybridized carbons (Fsp3) is 0.409. The van der Waals surface area contributed by atoms with Gasteiger partial charge in [0, 0.05) is 32.1 Å². The smallest absolute Gasteiger partial charge is 0.259 e. The highest BCUT2D eigenvalue weighted by Crippen LogP contribution is 2.24. The third-order valence-corrected chi connectivity index (χ3v) is 5.60. The number of amides is 1. The van der Waals surface area contributed by atoms with Gasteiger partial charge in [0.2, 0.25) is 0 Å². The summed E-state index contributed by atoms with van der Waals surface area (Å²) in [4.78, 5) is 19.4. The van der Waals surface area contributed by atoms with Gasteiger partial charge in [-0.25, -0.2) is 13.9 Å². The summed E-state index contributed by atoms with van der Waals surface area (Å²) >= 11 is 0. The average Bonchev–Trinajstić information content (AvgIpc) is 3.16. The number of aryl methyl sites for hydroxylation is 1. The van der Waals surface area contributed by atoms with E-state index in [1.807, 2.05) is 17.0 Å². The van der Waals surface area contributed by atoms with Crippen LogP contribution in [0.3, 0.4) is 0 Å². The molecule has 1 aromatic carbocycles. The Morgan fingerprint density at radius 1 is 1.17 bits per heavy atom. The molecule has 3 aromatic rings. The summed E-state index contributed by atoms with van der Waals surface area (Å²) in [6.45, 7) is 1.51. The van der Waals surface area contributed by atoms with Crippen LogP contribution in [0, 0.1) is 11.7 Å². The molecule has 1 saturated heterocycles. The molecule has 3 heterocycles. The molecule has 1 amide bonds. The molecule has 0 bridgehead atoms. The number of likely N-dealkylation sites (tertiary alicyclic amines) is 1. The number of rotatable bonds is 6. The number of aliphatic hydroxyl groups excluding tert-OH is 1. The lowest BCUT2D eigenvalue weighted by Crippen LogP contribution is -2.40. The van der Waals surface area contributed by atoms with Crippen molar-refractivity contribution in [2.75, 3.05) is 19.7 Å². The summed E-state index contributed by atoms with van der Waals surface area (Å²) in [5, 5.41) is 13.3. The molecule has 6 nitrogen and oxygen atoms in total. The number of carbonyl (C=O) groups excluding carboxylic acids is 1. The SMILES string of the molecule is O=C(c1cnn2cc(CCO)cnc12)N1CCC[C@H](CCc2ccc(F)cc2)C1. The van der Waals surface area contributed by atoms with Gasteiger partial charge in [0.1, 0.15) is 11.4 Å². The average molecular weight is 396 g/mol. The minimum Gasteiger partial charge on any atom is -0.396 e. The minimum atomic E-state index is -0.214. The molecule has 0 spiro atoms. The summed E-state index contributed by atoms with van der Waals surface area (Å²) in [5.41, 5.74) is 3.06. The van der Waals surface area contributed by atoms with Crippen LogP contribution in [0.15, 0.2) is 42.9 Å². The van der Waals surface area contributed by atoms with E-state index in [4.69, 9.17) is 5.11 Å². The second-order valence-electron chi connectivity index (χ2n) is 7.69. The van der Waals surface area contributed by atoms with Crippen molar-refractivity contribution in [1.29, 1.82) is 0 Å². The summed E-state index contributed by atoms with van der Waals surface area (Å²) in [6.07, 6.45) is 9.52. The van der Waals surface area contributed by atoms with Gasteiger partial charge < -0.3 is 10.0 Å². The largest absolute Gasteiger partial charge is 0.396 e. The Morgan fingerprint density at radius 3 is 2.79 bits per heavy atom. The lowest BCUT2D eigenvalue weighted by Gasteiger charge is -2.32. The molecular weight excluding hydrogens is 371 g/mol. The van der Waals surface area contributed by atoms with Crippen molar-refractivity contribution in [3.05, 3.63) is 65.4 Å². The number of hydrogen-bond donors (Lipinski definition) is 1. The molecule has 1 aliphatic heterocycles. The first kappa shape index (κ1) is 19.5. The number of fused-ring (bicyclic) bond motifs is 1. The summed E-state index contributed by atoms with van der Waals surface area (Å²) in [7, 11) is 0. The zero-order valence-corrected chi connectivity index (χ0v) is 16.3. The molecule has 7 heteroatoms. The molecule has 0 saturated carbocycles. The summed E-state index contributed by atoms with van der Waals surface area (Å²) in [6, 6.07) is 6.65. The lowest BCUT2D eigenvalue weighted by molar-refractivity contribution is 0.0670. The first-order chi connectivity index (χ1) is 14.1. The highest BCUT2D eigenvalue weighted by Gasteiger charge is 2.26. The normalized spacial score (nSPS) is 17.0. The molecular formula is C22H25FN4O2. The van der Waals surface area contributed by atoms with E-state index >= 15 is 0 Å². The zero-order valence-electron chi connectivity index (χ0n) is 16.3. The van der Waals surface area contributed by atoms with Crippen LogP contribution in [0.25, 0.3) is 5.65 Å². The number of halogens is 1. The monoisotopic (exact) mass is 396 g/mol. The van der Waals surface area contributed by atoms with Crippen LogP contribution < -0.4 is 0 Å². The van der Waals surface area contributed by atoms with Crippen LogP contribution in [0.5, 0.6) is 0 Å². The topological polar surface area (TPSA) is 70.7 Å². The fourth-order valence-corrected chi connectivity index (χ4v) is 4.00. The van der Waals surface area contributed by atoms with Gasteiger partial charge in [-0.1, -0.05) is 12.1 Å². The third-order valence-electron chi connectivity index (χ3n) is 5.60. The number of carbonyl (C=O) groups is 1. The molecule has 1 N–H and O–H groups in total. The number of hydrogen-bond acceptors (Lipinski definition) is 4. The maximum absolute atomic E-state index is 13.1. The van der Waals surface area contributed by atoms with Gasteiger partial charge in [-0.3, -0.25) is 4.79 Å². The van der Waals surface area contributed by atoms with Crippen LogP contribution in [0.4, 0.5) is 4.39 Å². The van der Waals surface area contributed by atoms with Crippen molar-refractivity contribution in [2.24, 2.45) is 5.92 Å². The van der Waals surface area contributed by atoms with Gasteiger partial charge in [-0.15, -0.1) is 0 Å². The molecule has 0 radical (unpaired) electrons. The van der Waals surface area contributed by atoms with Gasteiger partial charge in [0.05, 0.1) is 6.20 Å². The van der Waals surface area contributed by atoms with Crippen molar-refractivity contribution in [3.63, 3.8) is 0 Å². The lowest BCUT2D eigenvalue weighted by atomic mass is 9.91. The molecule has 1 fully saturated rings. The third kappa shape index (κ3) is 4.45. The first-order valence-electron chi connectivity index (χ1n) is 10.1. The van der Waals surface area contributed by atoms with Gasteiger partial charge in [-0.05, 0) is 61.3 Å². The van der Waals surface area contributed by atoms with Gasteiger partial charge in [0.15, 0.2) is 5.65 Å². The van der Waals surface area contributed by atoms with Crippen LogP contribution >= 0.6 is 0 Å². The maximum atomic E-state index is 13.1. The Hall–Kier alpha value is -2.80.